The van der Waals surface area contributed by atoms with E-state index < -0.39 is 0 Å². The van der Waals surface area contributed by atoms with Gasteiger partial charge >= 0.3 is 6.03 Å². The lowest BCUT2D eigenvalue weighted by atomic mass is 10.1. The molecule has 2 heterocycles. The second-order valence-electron chi connectivity index (χ2n) is 7.40. The molecule has 2 fully saturated rings. The summed E-state index contributed by atoms with van der Waals surface area (Å²) < 4.78 is 19.2. The molecule has 0 aliphatic carbocycles. The zero-order chi connectivity index (χ0) is 19.1. The standard InChI is InChI=1S/C20H31FN4O2.ClH/c1-16-5-6-17(14-19(16)21)23-20(26)25(18-4-2-7-22-15-18)9-3-8-24-10-12-27-13-11-24;/h5-6,14,18,22H,2-4,7-13,15H2,1H3,(H,23,26);1H. The van der Waals surface area contributed by atoms with Gasteiger partial charge in [0.25, 0.3) is 0 Å². The Balaban J connectivity index is 0.00000280. The zero-order valence-electron chi connectivity index (χ0n) is 16.6. The molecule has 2 aliphatic rings. The van der Waals surface area contributed by atoms with Crippen molar-refractivity contribution >= 4 is 24.1 Å². The summed E-state index contributed by atoms with van der Waals surface area (Å²) in [7, 11) is 0. The van der Waals surface area contributed by atoms with Gasteiger partial charge in [-0.05, 0) is 50.4 Å². The quantitative estimate of drug-likeness (QED) is 0.751. The molecule has 1 aromatic rings. The van der Waals surface area contributed by atoms with Crippen LogP contribution in [0.5, 0.6) is 0 Å². The van der Waals surface area contributed by atoms with Crippen molar-refractivity contribution in [2.45, 2.75) is 32.2 Å². The average Bonchev–Trinajstić information content (AvgIpc) is 2.69. The summed E-state index contributed by atoms with van der Waals surface area (Å²) in [6.45, 7) is 8.68. The van der Waals surface area contributed by atoms with E-state index in [1.807, 2.05) is 4.90 Å². The van der Waals surface area contributed by atoms with Crippen LogP contribution in [0.3, 0.4) is 0 Å². The molecule has 2 saturated heterocycles. The van der Waals surface area contributed by atoms with Crippen LogP contribution in [0.15, 0.2) is 18.2 Å². The molecule has 2 aliphatic heterocycles. The van der Waals surface area contributed by atoms with Crippen molar-refractivity contribution in [3.63, 3.8) is 0 Å². The Morgan fingerprint density at radius 2 is 2.18 bits per heavy atom. The fraction of sp³-hybridized carbons (Fsp3) is 0.650. The maximum Gasteiger partial charge on any atom is 0.322 e. The molecule has 0 radical (unpaired) electrons. The van der Waals surface area contributed by atoms with Gasteiger partial charge in [0.05, 0.1) is 13.2 Å². The topological polar surface area (TPSA) is 56.8 Å². The molecular weight excluding hydrogens is 383 g/mol. The number of morpholine rings is 1. The summed E-state index contributed by atoms with van der Waals surface area (Å²) in [6.07, 6.45) is 2.99. The lowest BCUT2D eigenvalue weighted by Crippen LogP contribution is -2.51. The third-order valence-corrected chi connectivity index (χ3v) is 5.37. The maximum absolute atomic E-state index is 13.8. The van der Waals surface area contributed by atoms with Gasteiger partial charge < -0.3 is 20.3 Å². The van der Waals surface area contributed by atoms with Crippen LogP contribution in [0.2, 0.25) is 0 Å². The molecule has 158 valence electrons. The van der Waals surface area contributed by atoms with Gasteiger partial charge in [-0.3, -0.25) is 4.90 Å². The minimum absolute atomic E-state index is 0. The molecule has 1 aromatic carbocycles. The first-order valence-electron chi connectivity index (χ1n) is 9.98. The molecule has 0 saturated carbocycles. The van der Waals surface area contributed by atoms with E-state index in [0.717, 1.165) is 65.2 Å². The summed E-state index contributed by atoms with van der Waals surface area (Å²) in [5.41, 5.74) is 1.08. The van der Waals surface area contributed by atoms with Gasteiger partial charge in [0.1, 0.15) is 5.82 Å². The maximum atomic E-state index is 13.8. The largest absolute Gasteiger partial charge is 0.379 e. The number of carbonyl (C=O) groups excluding carboxylic acids is 1. The van der Waals surface area contributed by atoms with Gasteiger partial charge in [-0.25, -0.2) is 9.18 Å². The van der Waals surface area contributed by atoms with Gasteiger partial charge in [0.15, 0.2) is 0 Å². The van der Waals surface area contributed by atoms with Crippen molar-refractivity contribution in [1.29, 1.82) is 0 Å². The Kier molecular flexibility index (Phi) is 9.44. The van der Waals surface area contributed by atoms with Crippen LogP contribution in [-0.2, 0) is 4.74 Å². The zero-order valence-corrected chi connectivity index (χ0v) is 17.4. The summed E-state index contributed by atoms with van der Waals surface area (Å²) in [6, 6.07) is 4.86. The first-order chi connectivity index (χ1) is 13.1. The Morgan fingerprint density at radius 3 is 2.86 bits per heavy atom. The number of nitrogens with one attached hydrogen (secondary N) is 2. The molecule has 3 rings (SSSR count). The van der Waals surface area contributed by atoms with Gasteiger partial charge in [-0.1, -0.05) is 6.07 Å². The Labute approximate surface area is 173 Å². The molecule has 2 N–H and O–H groups in total. The van der Waals surface area contributed by atoms with Crippen LogP contribution < -0.4 is 10.6 Å². The molecule has 28 heavy (non-hydrogen) atoms. The predicted molar refractivity (Wildman–Crippen MR) is 112 cm³/mol. The number of halogens is 2. The first-order valence-corrected chi connectivity index (χ1v) is 9.98. The normalized spacial score (nSPS) is 20.3. The number of carbonyl (C=O) groups is 1. The summed E-state index contributed by atoms with van der Waals surface area (Å²) in [4.78, 5) is 17.2. The smallest absolute Gasteiger partial charge is 0.322 e. The van der Waals surface area contributed by atoms with E-state index in [0.29, 0.717) is 17.8 Å². The lowest BCUT2D eigenvalue weighted by Gasteiger charge is -2.35. The van der Waals surface area contributed by atoms with Crippen LogP contribution >= 0.6 is 12.4 Å². The average molecular weight is 415 g/mol. The van der Waals surface area contributed by atoms with E-state index in [2.05, 4.69) is 15.5 Å². The third kappa shape index (κ3) is 6.58. The van der Waals surface area contributed by atoms with Crippen LogP contribution in [0, 0.1) is 12.7 Å². The number of benzene rings is 1. The third-order valence-electron chi connectivity index (χ3n) is 5.37. The van der Waals surface area contributed by atoms with Crippen molar-refractivity contribution in [2.75, 3.05) is 57.8 Å². The molecule has 8 heteroatoms. The van der Waals surface area contributed by atoms with Gasteiger partial charge in [0, 0.05) is 44.5 Å². The molecule has 1 unspecified atom stereocenters. The highest BCUT2D eigenvalue weighted by Crippen LogP contribution is 2.17. The summed E-state index contributed by atoms with van der Waals surface area (Å²) in [5, 5.41) is 6.26. The van der Waals surface area contributed by atoms with Gasteiger partial charge in [-0.15, -0.1) is 12.4 Å². The predicted octanol–water partition coefficient (Wildman–Crippen LogP) is 2.86. The Bertz CT molecular complexity index is 622. The van der Waals surface area contributed by atoms with Crippen molar-refractivity contribution in [3.8, 4) is 0 Å². The highest BCUT2D eigenvalue weighted by atomic mass is 35.5. The Morgan fingerprint density at radius 1 is 1.39 bits per heavy atom. The number of ether oxygens (including phenoxy) is 1. The Hall–Kier alpha value is -1.41. The number of anilines is 1. The second-order valence-corrected chi connectivity index (χ2v) is 7.40. The number of rotatable bonds is 6. The molecule has 2 amide bonds. The van der Waals surface area contributed by atoms with E-state index in [4.69, 9.17) is 4.74 Å². The monoisotopic (exact) mass is 414 g/mol. The number of hydrogen-bond acceptors (Lipinski definition) is 4. The number of piperidine rings is 1. The van der Waals surface area contributed by atoms with E-state index in [1.165, 1.54) is 6.07 Å². The van der Waals surface area contributed by atoms with E-state index in [1.54, 1.807) is 19.1 Å². The minimum Gasteiger partial charge on any atom is -0.379 e. The lowest BCUT2D eigenvalue weighted by molar-refractivity contribution is 0.0360. The molecule has 0 spiro atoms. The first kappa shape index (κ1) is 22.9. The van der Waals surface area contributed by atoms with Crippen LogP contribution in [0.4, 0.5) is 14.9 Å². The molecule has 6 nitrogen and oxygen atoms in total. The number of amides is 2. The van der Waals surface area contributed by atoms with E-state index in [-0.39, 0.29) is 30.3 Å². The number of nitrogens with zero attached hydrogens (tertiary/aromatic N) is 2. The molecular formula is C20H32ClFN4O2. The molecule has 1 atom stereocenters. The fourth-order valence-electron chi connectivity index (χ4n) is 3.70. The summed E-state index contributed by atoms with van der Waals surface area (Å²) >= 11 is 0. The van der Waals surface area contributed by atoms with Crippen molar-refractivity contribution in [2.24, 2.45) is 0 Å². The molecule has 0 bridgehead atoms. The van der Waals surface area contributed by atoms with Gasteiger partial charge in [-0.2, -0.15) is 0 Å². The van der Waals surface area contributed by atoms with E-state index in [9.17, 15) is 9.18 Å². The number of hydrogen-bond donors (Lipinski definition) is 2. The van der Waals surface area contributed by atoms with E-state index >= 15 is 0 Å². The van der Waals surface area contributed by atoms with Crippen LogP contribution in [0.1, 0.15) is 24.8 Å². The number of urea groups is 1. The molecule has 0 aromatic heterocycles. The summed E-state index contributed by atoms with van der Waals surface area (Å²) in [5.74, 6) is -0.300. The highest BCUT2D eigenvalue weighted by Gasteiger charge is 2.25. The van der Waals surface area contributed by atoms with Crippen molar-refractivity contribution in [3.05, 3.63) is 29.6 Å². The van der Waals surface area contributed by atoms with Crippen molar-refractivity contribution in [1.82, 2.24) is 15.1 Å². The minimum atomic E-state index is -0.300. The van der Waals surface area contributed by atoms with Crippen molar-refractivity contribution < 1.29 is 13.9 Å². The fourth-order valence-corrected chi connectivity index (χ4v) is 3.70. The SMILES string of the molecule is Cc1ccc(NC(=O)N(CCCN2CCOCC2)C2CCCNC2)cc1F.Cl. The number of aryl methyl sites for hydroxylation is 1. The van der Waals surface area contributed by atoms with Crippen LogP contribution in [0.25, 0.3) is 0 Å². The second kappa shape index (κ2) is 11.6. The van der Waals surface area contributed by atoms with Gasteiger partial charge in [0.2, 0.25) is 0 Å². The van der Waals surface area contributed by atoms with Crippen LogP contribution in [-0.4, -0.2) is 74.4 Å². The highest BCUT2D eigenvalue weighted by molar-refractivity contribution is 5.89.